The van der Waals surface area contributed by atoms with Crippen LogP contribution in [0.15, 0.2) is 59.6 Å². The van der Waals surface area contributed by atoms with E-state index in [9.17, 15) is 4.79 Å². The molecule has 1 unspecified atom stereocenters. The molecule has 0 aliphatic carbocycles. The molecule has 1 heterocycles. The number of aliphatic imine (C=N–C) groups is 1. The molecule has 0 radical (unpaired) electrons. The lowest BCUT2D eigenvalue weighted by molar-refractivity contribution is -0.128. The van der Waals surface area contributed by atoms with Gasteiger partial charge >= 0.3 is 0 Å². The zero-order valence-corrected chi connectivity index (χ0v) is 17.5. The molecule has 29 heavy (non-hydrogen) atoms. The number of hydrogen-bond acceptors (Lipinski definition) is 2. The number of nitrogens with zero attached hydrogens (tertiary/aromatic N) is 2. The van der Waals surface area contributed by atoms with Crippen LogP contribution in [0.1, 0.15) is 42.9 Å². The van der Waals surface area contributed by atoms with E-state index in [0.29, 0.717) is 25.6 Å². The van der Waals surface area contributed by atoms with Crippen LogP contribution in [-0.2, 0) is 24.3 Å². The molecular formula is C24H32N4O. The number of benzene rings is 2. The first-order valence-corrected chi connectivity index (χ1v) is 10.5. The van der Waals surface area contributed by atoms with E-state index >= 15 is 0 Å². The predicted octanol–water partition coefficient (Wildman–Crippen LogP) is 3.50. The van der Waals surface area contributed by atoms with E-state index < -0.39 is 0 Å². The number of likely N-dealkylation sites (tertiary alicyclic amines) is 1. The number of carbonyl (C=O) groups is 1. The highest BCUT2D eigenvalue weighted by atomic mass is 16.2. The normalized spacial score (nSPS) is 15.4. The van der Waals surface area contributed by atoms with Crippen molar-refractivity contribution in [2.45, 2.75) is 51.7 Å². The largest absolute Gasteiger partial charge is 0.354 e. The first kappa shape index (κ1) is 20.9. The molecule has 3 rings (SSSR count). The highest BCUT2D eigenvalue weighted by Crippen LogP contribution is 2.15. The molecule has 1 aliphatic rings. The summed E-state index contributed by atoms with van der Waals surface area (Å²) in [4.78, 5) is 18.2. The Balaban J connectivity index is 1.46. The van der Waals surface area contributed by atoms with Gasteiger partial charge in [0.1, 0.15) is 0 Å². The van der Waals surface area contributed by atoms with Crippen LogP contribution in [0.4, 0.5) is 0 Å². The Morgan fingerprint density at radius 3 is 2.59 bits per heavy atom. The number of rotatable bonds is 8. The van der Waals surface area contributed by atoms with Gasteiger partial charge in [-0.1, -0.05) is 54.6 Å². The maximum Gasteiger partial charge on any atom is 0.222 e. The van der Waals surface area contributed by atoms with Gasteiger partial charge in [-0.05, 0) is 42.9 Å². The molecule has 1 fully saturated rings. The van der Waals surface area contributed by atoms with E-state index in [0.717, 1.165) is 31.8 Å². The van der Waals surface area contributed by atoms with Gasteiger partial charge < -0.3 is 15.5 Å². The minimum atomic E-state index is 0.266. The molecule has 5 nitrogen and oxygen atoms in total. The zero-order chi connectivity index (χ0) is 20.5. The lowest BCUT2D eigenvalue weighted by Gasteiger charge is -2.19. The molecular weight excluding hydrogens is 360 g/mol. The van der Waals surface area contributed by atoms with Gasteiger partial charge in [0.2, 0.25) is 5.91 Å². The number of hydrogen-bond donors (Lipinski definition) is 2. The van der Waals surface area contributed by atoms with E-state index in [4.69, 9.17) is 0 Å². The van der Waals surface area contributed by atoms with Crippen LogP contribution in [0.5, 0.6) is 0 Å². The smallest absolute Gasteiger partial charge is 0.222 e. The molecule has 1 aliphatic heterocycles. The van der Waals surface area contributed by atoms with Crippen LogP contribution in [0, 0.1) is 0 Å². The predicted molar refractivity (Wildman–Crippen MR) is 119 cm³/mol. The van der Waals surface area contributed by atoms with Gasteiger partial charge in [0.25, 0.3) is 0 Å². The summed E-state index contributed by atoms with van der Waals surface area (Å²) in [5.74, 6) is 1.08. The second-order valence-corrected chi connectivity index (χ2v) is 7.73. The lowest BCUT2D eigenvalue weighted by atomic mass is 10.1. The highest BCUT2D eigenvalue weighted by Gasteiger charge is 2.19. The van der Waals surface area contributed by atoms with Crippen molar-refractivity contribution in [2.75, 3.05) is 13.6 Å². The third-order valence-corrected chi connectivity index (χ3v) is 5.31. The fourth-order valence-electron chi connectivity index (χ4n) is 3.64. The summed E-state index contributed by atoms with van der Waals surface area (Å²) in [6, 6.07) is 19.3. The third kappa shape index (κ3) is 6.63. The summed E-state index contributed by atoms with van der Waals surface area (Å²) in [5, 5.41) is 6.88. The fourth-order valence-corrected chi connectivity index (χ4v) is 3.64. The zero-order valence-electron chi connectivity index (χ0n) is 17.5. The third-order valence-electron chi connectivity index (χ3n) is 5.31. The topological polar surface area (TPSA) is 56.7 Å². The van der Waals surface area contributed by atoms with E-state index in [2.05, 4.69) is 77.1 Å². The quantitative estimate of drug-likeness (QED) is 0.534. The van der Waals surface area contributed by atoms with E-state index in [1.807, 2.05) is 4.90 Å². The molecule has 1 saturated heterocycles. The molecule has 0 saturated carbocycles. The van der Waals surface area contributed by atoms with E-state index in [1.165, 1.54) is 16.7 Å². The Bertz CT molecular complexity index is 819. The van der Waals surface area contributed by atoms with Crippen LogP contribution in [0.2, 0.25) is 0 Å². The van der Waals surface area contributed by atoms with Gasteiger partial charge in [-0.3, -0.25) is 9.79 Å². The Morgan fingerprint density at radius 1 is 1.10 bits per heavy atom. The van der Waals surface area contributed by atoms with Crippen LogP contribution in [0.25, 0.3) is 0 Å². The van der Waals surface area contributed by atoms with Crippen LogP contribution in [-0.4, -0.2) is 36.4 Å². The van der Waals surface area contributed by atoms with Crippen molar-refractivity contribution in [3.63, 3.8) is 0 Å². The molecule has 2 aromatic carbocycles. The number of nitrogens with one attached hydrogen (secondary N) is 2. The minimum Gasteiger partial charge on any atom is -0.354 e. The van der Waals surface area contributed by atoms with Crippen LogP contribution in [0.3, 0.4) is 0 Å². The van der Waals surface area contributed by atoms with Gasteiger partial charge in [-0.15, -0.1) is 0 Å². The Kier molecular flexibility index (Phi) is 7.68. The highest BCUT2D eigenvalue weighted by molar-refractivity contribution is 5.80. The van der Waals surface area contributed by atoms with Crippen molar-refractivity contribution in [1.29, 1.82) is 0 Å². The lowest BCUT2D eigenvalue weighted by Crippen LogP contribution is -2.42. The number of amides is 1. The molecule has 2 aromatic rings. The molecule has 2 N–H and O–H groups in total. The first-order valence-electron chi connectivity index (χ1n) is 10.5. The average Bonchev–Trinajstić information content (AvgIpc) is 3.15. The molecule has 0 bridgehead atoms. The summed E-state index contributed by atoms with van der Waals surface area (Å²) in [6.45, 7) is 4.46. The van der Waals surface area contributed by atoms with Crippen molar-refractivity contribution in [3.8, 4) is 0 Å². The molecule has 5 heteroatoms. The standard InChI is InChI=1S/C24H32N4O/c1-19(13-14-20-8-4-3-5-9-20)27-24(25-2)26-17-21-10-6-11-22(16-21)18-28-15-7-12-23(28)29/h3-6,8-11,16,19H,7,12-15,17-18H2,1-2H3,(H2,25,26,27). The number of guanidine groups is 1. The van der Waals surface area contributed by atoms with Crippen molar-refractivity contribution in [1.82, 2.24) is 15.5 Å². The van der Waals surface area contributed by atoms with Gasteiger partial charge in [0.05, 0.1) is 0 Å². The molecule has 1 atom stereocenters. The monoisotopic (exact) mass is 392 g/mol. The Morgan fingerprint density at radius 2 is 1.86 bits per heavy atom. The van der Waals surface area contributed by atoms with Crippen molar-refractivity contribution >= 4 is 11.9 Å². The summed E-state index contributed by atoms with van der Waals surface area (Å²) in [7, 11) is 1.80. The number of carbonyl (C=O) groups excluding carboxylic acids is 1. The second-order valence-electron chi connectivity index (χ2n) is 7.73. The maximum absolute atomic E-state index is 11.9. The van der Waals surface area contributed by atoms with Gasteiger partial charge in [-0.2, -0.15) is 0 Å². The summed E-state index contributed by atoms with van der Waals surface area (Å²) < 4.78 is 0. The molecule has 0 aromatic heterocycles. The van der Waals surface area contributed by atoms with Gasteiger partial charge in [0, 0.05) is 39.1 Å². The van der Waals surface area contributed by atoms with Gasteiger partial charge in [0.15, 0.2) is 5.96 Å². The van der Waals surface area contributed by atoms with Crippen molar-refractivity contribution < 1.29 is 4.79 Å². The molecule has 1 amide bonds. The Hall–Kier alpha value is -2.82. The minimum absolute atomic E-state index is 0.266. The summed E-state index contributed by atoms with van der Waals surface area (Å²) >= 11 is 0. The summed E-state index contributed by atoms with van der Waals surface area (Å²) in [6.07, 6.45) is 3.75. The maximum atomic E-state index is 11.9. The van der Waals surface area contributed by atoms with E-state index in [1.54, 1.807) is 7.05 Å². The molecule has 154 valence electrons. The SMILES string of the molecule is CN=C(NCc1cccc(CN2CCCC2=O)c1)NC(C)CCc1ccccc1. The second kappa shape index (κ2) is 10.6. The summed E-state index contributed by atoms with van der Waals surface area (Å²) in [5.41, 5.74) is 3.73. The fraction of sp³-hybridized carbons (Fsp3) is 0.417. The average molecular weight is 393 g/mol. The first-order chi connectivity index (χ1) is 14.1. The van der Waals surface area contributed by atoms with Crippen molar-refractivity contribution in [2.24, 2.45) is 4.99 Å². The van der Waals surface area contributed by atoms with Crippen molar-refractivity contribution in [3.05, 3.63) is 71.3 Å². The van der Waals surface area contributed by atoms with Crippen LogP contribution < -0.4 is 10.6 Å². The Labute approximate surface area is 174 Å². The van der Waals surface area contributed by atoms with Crippen LogP contribution >= 0.6 is 0 Å². The molecule has 0 spiro atoms. The van der Waals surface area contributed by atoms with E-state index in [-0.39, 0.29) is 5.91 Å². The number of aryl methyl sites for hydroxylation is 1. The van der Waals surface area contributed by atoms with Gasteiger partial charge in [-0.25, -0.2) is 0 Å².